The number of anilines is 3. The summed E-state index contributed by atoms with van der Waals surface area (Å²) in [6, 6.07) is 22.1. The predicted molar refractivity (Wildman–Crippen MR) is 133 cm³/mol. The van der Waals surface area contributed by atoms with Gasteiger partial charge in [0.1, 0.15) is 0 Å². The Morgan fingerprint density at radius 1 is 0.694 bits per heavy atom. The van der Waals surface area contributed by atoms with Crippen LogP contribution in [0.3, 0.4) is 0 Å². The molecule has 0 spiro atoms. The molecule has 1 aliphatic rings. The molecule has 0 unspecified atom stereocenters. The van der Waals surface area contributed by atoms with Crippen molar-refractivity contribution in [1.29, 1.82) is 0 Å². The van der Waals surface area contributed by atoms with Crippen LogP contribution in [0.2, 0.25) is 0 Å². The van der Waals surface area contributed by atoms with Crippen molar-refractivity contribution in [3.05, 3.63) is 102 Å². The van der Waals surface area contributed by atoms with E-state index in [1.165, 1.54) is 32.0 Å². The molecule has 36 heavy (non-hydrogen) atoms. The number of hydrogen-bond acceptors (Lipinski definition) is 7. The molecule has 9 heteroatoms. The van der Waals surface area contributed by atoms with Gasteiger partial charge in [0.15, 0.2) is 5.57 Å². The Morgan fingerprint density at radius 2 is 1.14 bits per heavy atom. The van der Waals surface area contributed by atoms with Gasteiger partial charge in [-0.25, -0.2) is 9.59 Å². The van der Waals surface area contributed by atoms with E-state index in [2.05, 4.69) is 16.0 Å². The maximum Gasteiger partial charge on any atom is 0.350 e. The fraction of sp³-hybridized carbons (Fsp3) is 0.111. The van der Waals surface area contributed by atoms with Crippen LogP contribution in [0.4, 0.5) is 17.1 Å². The minimum Gasteiger partial charge on any atom is -0.419 e. The molecule has 1 heterocycles. The number of nitrogens with one attached hydrogen (secondary N) is 3. The lowest BCUT2D eigenvalue weighted by Crippen LogP contribution is -2.42. The maximum atomic E-state index is 12.9. The fourth-order valence-electron chi connectivity index (χ4n) is 3.36. The zero-order chi connectivity index (χ0) is 25.7. The van der Waals surface area contributed by atoms with Crippen molar-refractivity contribution < 1.29 is 28.7 Å². The molecule has 0 saturated carbocycles. The number of ether oxygens (including phenoxy) is 2. The van der Waals surface area contributed by atoms with Crippen LogP contribution in [0.25, 0.3) is 0 Å². The van der Waals surface area contributed by atoms with Crippen LogP contribution in [0.1, 0.15) is 34.6 Å². The second-order valence-electron chi connectivity index (χ2n) is 8.32. The smallest absolute Gasteiger partial charge is 0.350 e. The highest BCUT2D eigenvalue weighted by Crippen LogP contribution is 2.24. The molecule has 3 aromatic rings. The molecule has 182 valence electrons. The molecule has 0 aromatic heterocycles. The van der Waals surface area contributed by atoms with Gasteiger partial charge in [0.05, 0.1) is 0 Å². The lowest BCUT2D eigenvalue weighted by molar-refractivity contribution is -0.222. The summed E-state index contributed by atoms with van der Waals surface area (Å²) in [5.41, 5.74) is 1.43. The largest absolute Gasteiger partial charge is 0.419 e. The Kier molecular flexibility index (Phi) is 6.82. The highest BCUT2D eigenvalue weighted by molar-refractivity contribution is 6.15. The normalized spacial score (nSPS) is 14.2. The molecule has 0 atom stereocenters. The molecule has 0 bridgehead atoms. The van der Waals surface area contributed by atoms with Crippen molar-refractivity contribution in [1.82, 2.24) is 0 Å². The number of para-hydroxylation sites is 2. The number of amides is 2. The van der Waals surface area contributed by atoms with Crippen LogP contribution in [0, 0.1) is 0 Å². The van der Waals surface area contributed by atoms with Gasteiger partial charge in [-0.05, 0) is 42.5 Å². The Balaban J connectivity index is 1.63. The van der Waals surface area contributed by atoms with Crippen molar-refractivity contribution in [2.24, 2.45) is 0 Å². The van der Waals surface area contributed by atoms with Crippen LogP contribution in [-0.4, -0.2) is 29.5 Å². The molecule has 3 aromatic carbocycles. The zero-order valence-corrected chi connectivity index (χ0v) is 19.5. The molecule has 3 N–H and O–H groups in total. The van der Waals surface area contributed by atoms with E-state index >= 15 is 0 Å². The van der Waals surface area contributed by atoms with Gasteiger partial charge in [-0.1, -0.05) is 36.4 Å². The Bertz CT molecular complexity index is 1260. The topological polar surface area (TPSA) is 123 Å². The first kappa shape index (κ1) is 24.2. The molecular formula is C27H23N3O6. The third-order valence-corrected chi connectivity index (χ3v) is 5.02. The van der Waals surface area contributed by atoms with Crippen LogP contribution < -0.4 is 16.0 Å². The third kappa shape index (κ3) is 5.95. The zero-order valence-electron chi connectivity index (χ0n) is 19.5. The van der Waals surface area contributed by atoms with Gasteiger partial charge in [0, 0.05) is 48.2 Å². The van der Waals surface area contributed by atoms with E-state index in [-0.39, 0.29) is 22.4 Å². The van der Waals surface area contributed by atoms with Gasteiger partial charge in [-0.3, -0.25) is 9.59 Å². The van der Waals surface area contributed by atoms with Crippen LogP contribution in [-0.2, 0) is 19.1 Å². The molecule has 4 rings (SSSR count). The summed E-state index contributed by atoms with van der Waals surface area (Å²) in [4.78, 5) is 50.4. The average Bonchev–Trinajstić information content (AvgIpc) is 2.84. The number of cyclic esters (lactones) is 2. The van der Waals surface area contributed by atoms with Crippen LogP contribution >= 0.6 is 0 Å². The lowest BCUT2D eigenvalue weighted by Gasteiger charge is -2.29. The highest BCUT2D eigenvalue weighted by Gasteiger charge is 2.39. The summed E-state index contributed by atoms with van der Waals surface area (Å²) in [6.45, 7) is 2.89. The van der Waals surface area contributed by atoms with Gasteiger partial charge < -0.3 is 25.4 Å². The summed E-state index contributed by atoms with van der Waals surface area (Å²) >= 11 is 0. The summed E-state index contributed by atoms with van der Waals surface area (Å²) in [5, 5.41) is 8.33. The van der Waals surface area contributed by atoms with Crippen molar-refractivity contribution in [3.63, 3.8) is 0 Å². The van der Waals surface area contributed by atoms with Crippen LogP contribution in [0.5, 0.6) is 0 Å². The first-order valence-corrected chi connectivity index (χ1v) is 11.0. The number of carbonyl (C=O) groups excluding carboxylic acids is 4. The van der Waals surface area contributed by atoms with Crippen molar-refractivity contribution in [3.8, 4) is 0 Å². The molecule has 0 radical (unpaired) electrons. The van der Waals surface area contributed by atoms with Crippen LogP contribution in [0.15, 0.2) is 90.6 Å². The second-order valence-corrected chi connectivity index (χ2v) is 8.32. The van der Waals surface area contributed by atoms with Gasteiger partial charge >= 0.3 is 11.9 Å². The quantitative estimate of drug-likeness (QED) is 0.270. The van der Waals surface area contributed by atoms with E-state index in [1.54, 1.807) is 48.5 Å². The summed E-state index contributed by atoms with van der Waals surface area (Å²) in [7, 11) is 0. The number of hydrogen-bond donors (Lipinski definition) is 3. The van der Waals surface area contributed by atoms with E-state index < -0.39 is 29.5 Å². The third-order valence-electron chi connectivity index (χ3n) is 5.02. The Morgan fingerprint density at radius 3 is 1.58 bits per heavy atom. The predicted octanol–water partition coefficient (Wildman–Crippen LogP) is 4.32. The maximum absolute atomic E-state index is 12.9. The standard InChI is InChI=1S/C27H23N3O6/c1-27(2)35-25(33)22(26(34)36-27)16-28-21-14-17(23(31)29-19-9-5-3-6-10-19)13-18(15-21)24(32)30-20-11-7-4-8-12-20/h3-16,28H,1-2H3,(H,29,31)(H,30,32). The fourth-order valence-corrected chi connectivity index (χ4v) is 3.36. The first-order valence-electron chi connectivity index (χ1n) is 11.0. The summed E-state index contributed by atoms with van der Waals surface area (Å²) in [5.74, 6) is -3.99. The lowest BCUT2D eigenvalue weighted by atomic mass is 10.1. The van der Waals surface area contributed by atoms with Gasteiger partial charge in [-0.2, -0.15) is 0 Å². The molecule has 1 aliphatic heterocycles. The number of esters is 2. The highest BCUT2D eigenvalue weighted by atomic mass is 16.7. The number of benzene rings is 3. The SMILES string of the molecule is CC1(C)OC(=O)C(=CNc2cc(C(=O)Nc3ccccc3)cc(C(=O)Nc3ccccc3)c2)C(=O)O1. The molecule has 1 saturated heterocycles. The average molecular weight is 485 g/mol. The van der Waals surface area contributed by atoms with E-state index in [9.17, 15) is 19.2 Å². The minimum atomic E-state index is -1.37. The summed E-state index contributed by atoms with van der Waals surface area (Å²) in [6.07, 6.45) is 1.12. The van der Waals surface area contributed by atoms with Crippen molar-refractivity contribution in [2.45, 2.75) is 19.6 Å². The van der Waals surface area contributed by atoms with E-state index in [4.69, 9.17) is 9.47 Å². The van der Waals surface area contributed by atoms with Gasteiger partial charge in [0.25, 0.3) is 17.6 Å². The first-order chi connectivity index (χ1) is 17.2. The van der Waals surface area contributed by atoms with Gasteiger partial charge in [-0.15, -0.1) is 0 Å². The van der Waals surface area contributed by atoms with Crippen molar-refractivity contribution >= 4 is 40.8 Å². The minimum absolute atomic E-state index is 0.176. The molecule has 9 nitrogen and oxygen atoms in total. The Labute approximate surface area is 207 Å². The molecule has 0 aliphatic carbocycles. The van der Waals surface area contributed by atoms with E-state index in [0.717, 1.165) is 6.20 Å². The number of carbonyl (C=O) groups is 4. The second kappa shape index (κ2) is 10.1. The van der Waals surface area contributed by atoms with Gasteiger partial charge in [0.2, 0.25) is 0 Å². The van der Waals surface area contributed by atoms with E-state index in [1.807, 2.05) is 12.1 Å². The monoisotopic (exact) mass is 485 g/mol. The van der Waals surface area contributed by atoms with Crippen molar-refractivity contribution in [2.75, 3.05) is 16.0 Å². The molecule has 1 fully saturated rings. The van der Waals surface area contributed by atoms with E-state index in [0.29, 0.717) is 11.4 Å². The summed E-state index contributed by atoms with van der Waals surface area (Å²) < 4.78 is 10.2. The Hall–Kier alpha value is -4.92. The number of rotatable bonds is 6. The molecular weight excluding hydrogens is 462 g/mol. The molecule has 2 amide bonds.